The van der Waals surface area contributed by atoms with Crippen LogP contribution >= 0.6 is 35.3 Å². The van der Waals surface area contributed by atoms with Crippen molar-refractivity contribution in [3.8, 4) is 11.5 Å². The van der Waals surface area contributed by atoms with Crippen LogP contribution in [0.4, 0.5) is 5.69 Å². The summed E-state index contributed by atoms with van der Waals surface area (Å²) in [5, 5.41) is 9.93. The number of fused-ring (bicyclic) bond motifs is 1. The van der Waals surface area contributed by atoms with Crippen LogP contribution in [0, 0.1) is 0 Å². The Kier molecular flexibility index (Phi) is 8.36. The van der Waals surface area contributed by atoms with E-state index in [1.807, 2.05) is 18.2 Å². The minimum absolute atomic E-state index is 0. The van der Waals surface area contributed by atoms with E-state index in [0.29, 0.717) is 13.2 Å². The van der Waals surface area contributed by atoms with Crippen molar-refractivity contribution in [3.05, 3.63) is 34.3 Å². The molecule has 0 fully saturated rings. The summed E-state index contributed by atoms with van der Waals surface area (Å²) in [5.74, 6) is 2.28. The van der Waals surface area contributed by atoms with Gasteiger partial charge in [0.1, 0.15) is 0 Å². The van der Waals surface area contributed by atoms with E-state index < -0.39 is 0 Å². The third kappa shape index (κ3) is 6.23. The van der Waals surface area contributed by atoms with E-state index in [-0.39, 0.29) is 29.4 Å². The van der Waals surface area contributed by atoms with Crippen LogP contribution in [0.1, 0.15) is 37.9 Å². The van der Waals surface area contributed by atoms with Gasteiger partial charge in [0.15, 0.2) is 17.5 Å². The Morgan fingerprint density at radius 2 is 1.96 bits per heavy atom. The molecule has 0 saturated heterocycles. The quantitative estimate of drug-likeness (QED) is 0.357. The number of anilines is 1. The topological polar surface area (TPSA) is 67.8 Å². The molecule has 28 heavy (non-hydrogen) atoms. The van der Waals surface area contributed by atoms with Crippen LogP contribution in [0.25, 0.3) is 0 Å². The lowest BCUT2D eigenvalue weighted by atomic mass is 9.93. The molecular weight excluding hydrogens is 487 g/mol. The molecule has 0 aliphatic carbocycles. The Balaban J connectivity index is 0.00000280. The highest BCUT2D eigenvalue weighted by molar-refractivity contribution is 14.0. The monoisotopic (exact) mass is 516 g/mol. The van der Waals surface area contributed by atoms with Crippen LogP contribution in [-0.2, 0) is 11.8 Å². The lowest BCUT2D eigenvalue weighted by Gasteiger charge is -2.14. The standard InChI is InChI=1S/C20H28N4O2S.HI/c1-20(2,3)17-13-27-18(24-17)8-9-22-19(21-4)23-14-6-7-15-16(12-14)26-11-5-10-25-15;/h6-7,12-13H,5,8-11H2,1-4H3,(H2,21,22,23);1H. The summed E-state index contributed by atoms with van der Waals surface area (Å²) in [6.45, 7) is 8.69. The van der Waals surface area contributed by atoms with Gasteiger partial charge in [-0.05, 0) is 12.1 Å². The molecule has 8 heteroatoms. The summed E-state index contributed by atoms with van der Waals surface area (Å²) in [6.07, 6.45) is 1.76. The second kappa shape index (κ2) is 10.3. The number of guanidine groups is 1. The fraction of sp³-hybridized carbons (Fsp3) is 0.500. The molecule has 0 unspecified atom stereocenters. The van der Waals surface area contributed by atoms with Gasteiger partial charge in [-0.1, -0.05) is 20.8 Å². The normalized spacial score (nSPS) is 14.1. The number of hydrogen-bond donors (Lipinski definition) is 2. The van der Waals surface area contributed by atoms with E-state index in [4.69, 9.17) is 14.5 Å². The Labute approximate surface area is 188 Å². The van der Waals surface area contributed by atoms with Crippen LogP contribution in [0.3, 0.4) is 0 Å². The van der Waals surface area contributed by atoms with Gasteiger partial charge in [-0.25, -0.2) is 4.98 Å². The SMILES string of the molecule is CN=C(NCCc1nc(C(C)(C)C)cs1)Nc1ccc2c(c1)OCCCO2.I. The first-order chi connectivity index (χ1) is 13.0. The lowest BCUT2D eigenvalue weighted by molar-refractivity contribution is 0.297. The number of thiazole rings is 1. The van der Waals surface area contributed by atoms with Gasteiger partial charge in [0.05, 0.1) is 23.9 Å². The van der Waals surface area contributed by atoms with Gasteiger partial charge in [-0.15, -0.1) is 35.3 Å². The molecule has 0 radical (unpaired) electrons. The predicted molar refractivity (Wildman–Crippen MR) is 127 cm³/mol. The summed E-state index contributed by atoms with van der Waals surface area (Å²) < 4.78 is 11.4. The molecule has 1 aliphatic heterocycles. The van der Waals surface area contributed by atoms with Gasteiger partial charge in [0, 0.05) is 49.0 Å². The minimum Gasteiger partial charge on any atom is -0.490 e. The van der Waals surface area contributed by atoms with E-state index in [1.165, 1.54) is 0 Å². The van der Waals surface area contributed by atoms with E-state index in [0.717, 1.165) is 53.2 Å². The maximum absolute atomic E-state index is 5.74. The highest BCUT2D eigenvalue weighted by Gasteiger charge is 2.17. The number of benzene rings is 1. The number of halogens is 1. The Hall–Kier alpha value is -1.55. The first kappa shape index (κ1) is 22.7. The van der Waals surface area contributed by atoms with Gasteiger partial charge >= 0.3 is 0 Å². The molecule has 6 nitrogen and oxygen atoms in total. The average Bonchev–Trinajstić information content (AvgIpc) is 2.99. The molecule has 0 spiro atoms. The zero-order valence-corrected chi connectivity index (χ0v) is 20.0. The van der Waals surface area contributed by atoms with Crippen molar-refractivity contribution in [3.63, 3.8) is 0 Å². The molecule has 1 aliphatic rings. The number of rotatable bonds is 4. The van der Waals surface area contributed by atoms with Gasteiger partial charge < -0.3 is 20.1 Å². The second-order valence-corrected chi connectivity index (χ2v) is 8.41. The van der Waals surface area contributed by atoms with E-state index >= 15 is 0 Å². The van der Waals surface area contributed by atoms with Crippen LogP contribution in [0.5, 0.6) is 11.5 Å². The first-order valence-electron chi connectivity index (χ1n) is 9.28. The van der Waals surface area contributed by atoms with E-state index in [2.05, 4.69) is 41.8 Å². The number of nitrogens with zero attached hydrogens (tertiary/aromatic N) is 2. The van der Waals surface area contributed by atoms with Crippen LogP contribution in [0.2, 0.25) is 0 Å². The van der Waals surface area contributed by atoms with Gasteiger partial charge in [-0.2, -0.15) is 0 Å². The third-order valence-electron chi connectivity index (χ3n) is 4.19. The maximum atomic E-state index is 5.74. The molecule has 1 aromatic heterocycles. The van der Waals surface area contributed by atoms with Crippen molar-refractivity contribution in [2.24, 2.45) is 4.99 Å². The Morgan fingerprint density at radius 1 is 1.21 bits per heavy atom. The van der Waals surface area contributed by atoms with Crippen molar-refractivity contribution >= 4 is 47.0 Å². The Morgan fingerprint density at radius 3 is 2.64 bits per heavy atom. The molecule has 3 rings (SSSR count). The number of hydrogen-bond acceptors (Lipinski definition) is 5. The van der Waals surface area contributed by atoms with Crippen molar-refractivity contribution < 1.29 is 9.47 Å². The fourth-order valence-corrected chi connectivity index (χ4v) is 3.64. The molecule has 0 atom stereocenters. The Bertz CT molecular complexity index is 802. The van der Waals surface area contributed by atoms with Crippen LogP contribution in [0.15, 0.2) is 28.6 Å². The number of ether oxygens (including phenoxy) is 2. The highest BCUT2D eigenvalue weighted by atomic mass is 127. The molecule has 2 heterocycles. The second-order valence-electron chi connectivity index (χ2n) is 7.46. The smallest absolute Gasteiger partial charge is 0.195 e. The molecule has 0 bridgehead atoms. The average molecular weight is 516 g/mol. The zero-order valence-electron chi connectivity index (χ0n) is 16.9. The molecule has 1 aromatic carbocycles. The summed E-state index contributed by atoms with van der Waals surface area (Å²) in [6, 6.07) is 5.85. The highest BCUT2D eigenvalue weighted by Crippen LogP contribution is 2.32. The van der Waals surface area contributed by atoms with Crippen LogP contribution in [-0.4, -0.2) is 37.7 Å². The van der Waals surface area contributed by atoms with Gasteiger partial charge in [-0.3, -0.25) is 4.99 Å². The lowest BCUT2D eigenvalue weighted by Crippen LogP contribution is -2.32. The summed E-state index contributed by atoms with van der Waals surface area (Å²) in [7, 11) is 1.76. The largest absolute Gasteiger partial charge is 0.490 e. The molecule has 0 saturated carbocycles. The van der Waals surface area contributed by atoms with E-state index in [9.17, 15) is 0 Å². The molecule has 0 amide bonds. The summed E-state index contributed by atoms with van der Waals surface area (Å²) >= 11 is 1.72. The summed E-state index contributed by atoms with van der Waals surface area (Å²) in [4.78, 5) is 9.03. The maximum Gasteiger partial charge on any atom is 0.195 e. The molecule has 154 valence electrons. The van der Waals surface area contributed by atoms with Crippen molar-refractivity contribution in [1.29, 1.82) is 0 Å². The van der Waals surface area contributed by atoms with E-state index in [1.54, 1.807) is 18.4 Å². The molecule has 2 N–H and O–H groups in total. The molecule has 2 aromatic rings. The minimum atomic E-state index is 0. The van der Waals surface area contributed by atoms with Crippen molar-refractivity contribution in [2.75, 3.05) is 32.1 Å². The zero-order chi connectivity index (χ0) is 19.3. The number of nitrogens with one attached hydrogen (secondary N) is 2. The van der Waals surface area contributed by atoms with Crippen molar-refractivity contribution in [1.82, 2.24) is 10.3 Å². The molecular formula is C20H29IN4O2S. The number of aromatic nitrogens is 1. The predicted octanol–water partition coefficient (Wildman–Crippen LogP) is 4.45. The van der Waals surface area contributed by atoms with Gasteiger partial charge in [0.2, 0.25) is 0 Å². The van der Waals surface area contributed by atoms with Crippen molar-refractivity contribution in [2.45, 2.75) is 39.0 Å². The van der Waals surface area contributed by atoms with Crippen LogP contribution < -0.4 is 20.1 Å². The fourth-order valence-electron chi connectivity index (χ4n) is 2.61. The van der Waals surface area contributed by atoms with Gasteiger partial charge in [0.25, 0.3) is 0 Å². The summed E-state index contributed by atoms with van der Waals surface area (Å²) in [5.41, 5.74) is 2.16. The number of aliphatic imine (C=N–C) groups is 1. The first-order valence-corrected chi connectivity index (χ1v) is 10.2. The third-order valence-corrected chi connectivity index (χ3v) is 5.09.